The molecule has 1 aliphatic rings. The fraction of sp³-hybridized carbons (Fsp3) is 0.538. The molecule has 0 atom stereocenters. The van der Waals surface area contributed by atoms with Gasteiger partial charge in [-0.2, -0.15) is 0 Å². The summed E-state index contributed by atoms with van der Waals surface area (Å²) < 4.78 is 5.30. The largest absolute Gasteiger partial charge is 0.496 e. The fourth-order valence-electron chi connectivity index (χ4n) is 2.31. The highest BCUT2D eigenvalue weighted by Crippen LogP contribution is 2.30. The summed E-state index contributed by atoms with van der Waals surface area (Å²) in [5, 5.41) is 14.4. The number of methoxy groups -OCH3 is 1. The normalized spacial score (nSPS) is 19.0. The van der Waals surface area contributed by atoms with Gasteiger partial charge in [-0.1, -0.05) is 11.6 Å². The van der Waals surface area contributed by atoms with Crippen molar-refractivity contribution in [2.24, 2.45) is 0 Å². The number of rotatable bonds is 3. The van der Waals surface area contributed by atoms with Gasteiger partial charge in [0.1, 0.15) is 5.75 Å². The molecule has 2 rings (SSSR count). The van der Waals surface area contributed by atoms with Gasteiger partial charge in [0.05, 0.1) is 12.7 Å². The molecule has 0 aliphatic carbocycles. The first-order valence-electron chi connectivity index (χ1n) is 5.88. The molecule has 1 aromatic carbocycles. The molecule has 0 spiro atoms. The van der Waals surface area contributed by atoms with Crippen LogP contribution in [0, 0.1) is 0 Å². The first-order chi connectivity index (χ1) is 8.13. The van der Waals surface area contributed by atoms with Crippen LogP contribution in [-0.2, 0) is 6.42 Å². The van der Waals surface area contributed by atoms with Crippen LogP contribution in [-0.4, -0.2) is 30.9 Å². The Morgan fingerprint density at radius 2 is 2.12 bits per heavy atom. The Morgan fingerprint density at radius 1 is 1.41 bits per heavy atom. The lowest BCUT2D eigenvalue weighted by molar-refractivity contribution is 0.0104. The van der Waals surface area contributed by atoms with E-state index in [1.165, 1.54) is 0 Å². The van der Waals surface area contributed by atoms with Gasteiger partial charge in [-0.05, 0) is 49.7 Å². The van der Waals surface area contributed by atoms with Crippen LogP contribution < -0.4 is 10.1 Å². The number of ether oxygens (including phenoxy) is 1. The SMILES string of the molecule is COc1ccc(Cl)cc1CC1(O)CCNCC1. The molecule has 0 unspecified atom stereocenters. The first-order valence-corrected chi connectivity index (χ1v) is 6.26. The average molecular weight is 256 g/mol. The van der Waals surface area contributed by atoms with Crippen LogP contribution in [0.5, 0.6) is 5.75 Å². The van der Waals surface area contributed by atoms with E-state index in [-0.39, 0.29) is 0 Å². The molecule has 0 amide bonds. The van der Waals surface area contributed by atoms with Crippen molar-refractivity contribution < 1.29 is 9.84 Å². The van der Waals surface area contributed by atoms with Gasteiger partial charge < -0.3 is 15.2 Å². The second-order valence-electron chi connectivity index (χ2n) is 4.61. The molecular weight excluding hydrogens is 238 g/mol. The molecule has 17 heavy (non-hydrogen) atoms. The number of piperidine rings is 1. The second kappa shape index (κ2) is 5.25. The lowest BCUT2D eigenvalue weighted by Gasteiger charge is -2.33. The van der Waals surface area contributed by atoms with Gasteiger partial charge in [-0.3, -0.25) is 0 Å². The number of halogens is 1. The van der Waals surface area contributed by atoms with E-state index in [9.17, 15) is 5.11 Å². The van der Waals surface area contributed by atoms with Crippen molar-refractivity contribution >= 4 is 11.6 Å². The van der Waals surface area contributed by atoms with Crippen LogP contribution in [0.2, 0.25) is 5.02 Å². The van der Waals surface area contributed by atoms with Crippen molar-refractivity contribution in [1.82, 2.24) is 5.32 Å². The van der Waals surface area contributed by atoms with Gasteiger partial charge in [0.15, 0.2) is 0 Å². The molecule has 0 bridgehead atoms. The summed E-state index contributed by atoms with van der Waals surface area (Å²) in [5.41, 5.74) is 0.341. The zero-order valence-corrected chi connectivity index (χ0v) is 10.8. The van der Waals surface area contributed by atoms with E-state index in [0.29, 0.717) is 11.4 Å². The molecule has 1 aliphatic heterocycles. The molecule has 0 radical (unpaired) electrons. The smallest absolute Gasteiger partial charge is 0.122 e. The Bertz CT molecular complexity index is 389. The molecular formula is C13H18ClNO2. The van der Waals surface area contributed by atoms with Crippen molar-refractivity contribution in [3.63, 3.8) is 0 Å². The Kier molecular flexibility index (Phi) is 3.92. The summed E-state index contributed by atoms with van der Waals surface area (Å²) in [7, 11) is 1.64. The maximum Gasteiger partial charge on any atom is 0.122 e. The molecule has 0 saturated carbocycles. The highest BCUT2D eigenvalue weighted by atomic mass is 35.5. The summed E-state index contributed by atoms with van der Waals surface area (Å²) in [6.45, 7) is 1.72. The quantitative estimate of drug-likeness (QED) is 0.868. The summed E-state index contributed by atoms with van der Waals surface area (Å²) in [6.07, 6.45) is 2.13. The minimum atomic E-state index is -0.636. The Balaban J connectivity index is 2.19. The van der Waals surface area contributed by atoms with Crippen LogP contribution >= 0.6 is 11.6 Å². The van der Waals surface area contributed by atoms with E-state index in [1.54, 1.807) is 13.2 Å². The number of hydrogen-bond acceptors (Lipinski definition) is 3. The van der Waals surface area contributed by atoms with Gasteiger partial charge in [0.2, 0.25) is 0 Å². The third kappa shape index (κ3) is 3.12. The molecule has 1 aromatic rings. The predicted molar refractivity (Wildman–Crippen MR) is 68.8 cm³/mol. The zero-order chi connectivity index (χ0) is 12.3. The van der Waals surface area contributed by atoms with Gasteiger partial charge in [-0.15, -0.1) is 0 Å². The highest BCUT2D eigenvalue weighted by Gasteiger charge is 2.30. The van der Waals surface area contributed by atoms with Crippen LogP contribution in [0.1, 0.15) is 18.4 Å². The Labute approximate surface area is 107 Å². The van der Waals surface area contributed by atoms with E-state index >= 15 is 0 Å². The summed E-state index contributed by atoms with van der Waals surface area (Å²) in [4.78, 5) is 0. The second-order valence-corrected chi connectivity index (χ2v) is 5.04. The number of benzene rings is 1. The van der Waals surface area contributed by atoms with Crippen molar-refractivity contribution in [3.8, 4) is 5.75 Å². The van der Waals surface area contributed by atoms with E-state index in [1.807, 2.05) is 12.1 Å². The van der Waals surface area contributed by atoms with E-state index in [2.05, 4.69) is 5.32 Å². The Hall–Kier alpha value is -0.770. The lowest BCUT2D eigenvalue weighted by atomic mass is 9.86. The number of nitrogens with one attached hydrogen (secondary N) is 1. The van der Waals surface area contributed by atoms with Gasteiger partial charge >= 0.3 is 0 Å². The molecule has 4 heteroatoms. The monoisotopic (exact) mass is 255 g/mol. The number of aliphatic hydroxyl groups is 1. The summed E-state index contributed by atoms with van der Waals surface area (Å²) >= 11 is 5.99. The lowest BCUT2D eigenvalue weighted by Crippen LogP contribution is -2.43. The van der Waals surface area contributed by atoms with E-state index in [0.717, 1.165) is 37.2 Å². The minimum Gasteiger partial charge on any atom is -0.496 e. The van der Waals surface area contributed by atoms with Crippen molar-refractivity contribution in [2.75, 3.05) is 20.2 Å². The van der Waals surface area contributed by atoms with Gasteiger partial charge in [0, 0.05) is 11.4 Å². The van der Waals surface area contributed by atoms with Gasteiger partial charge in [0.25, 0.3) is 0 Å². The van der Waals surface area contributed by atoms with Crippen molar-refractivity contribution in [2.45, 2.75) is 24.9 Å². The number of hydrogen-bond donors (Lipinski definition) is 2. The average Bonchev–Trinajstić information content (AvgIpc) is 2.29. The van der Waals surface area contributed by atoms with E-state index < -0.39 is 5.60 Å². The zero-order valence-electron chi connectivity index (χ0n) is 10.0. The molecule has 1 heterocycles. The maximum atomic E-state index is 10.5. The third-order valence-electron chi connectivity index (χ3n) is 3.30. The molecule has 1 saturated heterocycles. The topological polar surface area (TPSA) is 41.5 Å². The summed E-state index contributed by atoms with van der Waals surface area (Å²) in [6, 6.07) is 5.53. The van der Waals surface area contributed by atoms with Gasteiger partial charge in [-0.25, -0.2) is 0 Å². The van der Waals surface area contributed by atoms with Crippen molar-refractivity contribution in [1.29, 1.82) is 0 Å². The predicted octanol–water partition coefficient (Wildman–Crippen LogP) is 2.01. The molecule has 3 nitrogen and oxygen atoms in total. The summed E-state index contributed by atoms with van der Waals surface area (Å²) in [5.74, 6) is 0.793. The molecule has 1 fully saturated rings. The van der Waals surface area contributed by atoms with Crippen LogP contribution in [0.3, 0.4) is 0 Å². The molecule has 94 valence electrons. The van der Waals surface area contributed by atoms with Crippen molar-refractivity contribution in [3.05, 3.63) is 28.8 Å². The third-order valence-corrected chi connectivity index (χ3v) is 3.53. The van der Waals surface area contributed by atoms with Crippen LogP contribution in [0.15, 0.2) is 18.2 Å². The molecule has 0 aromatic heterocycles. The van der Waals surface area contributed by atoms with Crippen LogP contribution in [0.4, 0.5) is 0 Å². The van der Waals surface area contributed by atoms with E-state index in [4.69, 9.17) is 16.3 Å². The maximum absolute atomic E-state index is 10.5. The van der Waals surface area contributed by atoms with Crippen LogP contribution in [0.25, 0.3) is 0 Å². The molecule has 2 N–H and O–H groups in total. The minimum absolute atomic E-state index is 0.596. The first kappa shape index (κ1) is 12.7. The fourth-order valence-corrected chi connectivity index (χ4v) is 2.50. The Morgan fingerprint density at radius 3 is 2.76 bits per heavy atom. The highest BCUT2D eigenvalue weighted by molar-refractivity contribution is 6.30. The standard InChI is InChI=1S/C13H18ClNO2/c1-17-12-3-2-11(14)8-10(12)9-13(16)4-6-15-7-5-13/h2-3,8,15-16H,4-7,9H2,1H3.